The van der Waals surface area contributed by atoms with Crippen LogP contribution >= 0.6 is 11.3 Å². The van der Waals surface area contributed by atoms with Crippen molar-refractivity contribution < 1.29 is 14.6 Å². The molecule has 2 aromatic rings. The highest BCUT2D eigenvalue weighted by Gasteiger charge is 2.29. The summed E-state index contributed by atoms with van der Waals surface area (Å²) in [7, 11) is 0. The molecular formula is C14H15NO3S. The standard InChI is InChI=1S/C14H15NO3S/c1-9-15-12(8-19-9)10-4-6-11(7-5-10)18-14(2,3)13(16)17/h4-8H,1-3H3,(H,16,17). The van der Waals surface area contributed by atoms with E-state index in [1.807, 2.05) is 24.4 Å². The highest BCUT2D eigenvalue weighted by molar-refractivity contribution is 7.09. The first-order valence-electron chi connectivity index (χ1n) is 5.83. The fourth-order valence-electron chi connectivity index (χ4n) is 1.53. The number of aliphatic carboxylic acids is 1. The molecule has 1 aromatic heterocycles. The Kier molecular flexibility index (Phi) is 3.57. The number of carboxylic acid groups (broad SMARTS) is 1. The summed E-state index contributed by atoms with van der Waals surface area (Å²) in [5.41, 5.74) is 0.676. The number of thiazole rings is 1. The van der Waals surface area contributed by atoms with Crippen LogP contribution in [0.3, 0.4) is 0 Å². The van der Waals surface area contributed by atoms with Crippen LogP contribution in [0.4, 0.5) is 0 Å². The third kappa shape index (κ3) is 3.12. The summed E-state index contributed by atoms with van der Waals surface area (Å²) in [4.78, 5) is 15.4. The van der Waals surface area contributed by atoms with Crippen molar-refractivity contribution in [3.8, 4) is 17.0 Å². The molecule has 1 N–H and O–H groups in total. The molecular weight excluding hydrogens is 262 g/mol. The molecule has 0 spiro atoms. The molecule has 0 aliphatic carbocycles. The predicted octanol–water partition coefficient (Wildman–Crippen LogP) is 3.36. The number of nitrogens with zero attached hydrogens (tertiary/aromatic N) is 1. The summed E-state index contributed by atoms with van der Waals surface area (Å²) in [6.45, 7) is 5.00. The monoisotopic (exact) mass is 277 g/mol. The van der Waals surface area contributed by atoms with Gasteiger partial charge in [0.25, 0.3) is 0 Å². The van der Waals surface area contributed by atoms with Crippen molar-refractivity contribution in [2.24, 2.45) is 0 Å². The van der Waals surface area contributed by atoms with Gasteiger partial charge in [-0.2, -0.15) is 0 Å². The molecule has 0 unspecified atom stereocenters. The molecule has 0 fully saturated rings. The van der Waals surface area contributed by atoms with Crippen molar-refractivity contribution in [1.29, 1.82) is 0 Å². The van der Waals surface area contributed by atoms with Crippen molar-refractivity contribution in [2.45, 2.75) is 26.4 Å². The zero-order valence-electron chi connectivity index (χ0n) is 11.0. The molecule has 0 saturated heterocycles. The van der Waals surface area contributed by atoms with Crippen molar-refractivity contribution >= 4 is 17.3 Å². The zero-order chi connectivity index (χ0) is 14.0. The van der Waals surface area contributed by atoms with E-state index in [1.54, 1.807) is 23.5 Å². The molecule has 0 aliphatic heterocycles. The van der Waals surface area contributed by atoms with Crippen molar-refractivity contribution in [3.05, 3.63) is 34.7 Å². The first kappa shape index (κ1) is 13.5. The van der Waals surface area contributed by atoms with E-state index < -0.39 is 11.6 Å². The lowest BCUT2D eigenvalue weighted by molar-refractivity contribution is -0.152. The minimum atomic E-state index is -1.24. The second kappa shape index (κ2) is 5.01. The van der Waals surface area contributed by atoms with Crippen LogP contribution in [-0.2, 0) is 4.79 Å². The molecule has 4 nitrogen and oxygen atoms in total. The molecule has 0 bridgehead atoms. The lowest BCUT2D eigenvalue weighted by atomic mass is 10.1. The summed E-state index contributed by atoms with van der Waals surface area (Å²) in [5.74, 6) is -0.463. The summed E-state index contributed by atoms with van der Waals surface area (Å²) >= 11 is 1.60. The third-order valence-corrected chi connectivity index (χ3v) is 3.43. The normalized spacial score (nSPS) is 11.3. The van der Waals surface area contributed by atoms with Crippen LogP contribution < -0.4 is 4.74 Å². The lowest BCUT2D eigenvalue weighted by Gasteiger charge is -2.21. The Morgan fingerprint density at radius 2 is 1.95 bits per heavy atom. The molecule has 100 valence electrons. The molecule has 0 saturated carbocycles. The highest BCUT2D eigenvalue weighted by atomic mass is 32.1. The Labute approximate surface area is 115 Å². The molecule has 0 aliphatic rings. The quantitative estimate of drug-likeness (QED) is 0.931. The average Bonchev–Trinajstić information content (AvgIpc) is 2.76. The average molecular weight is 277 g/mol. The van der Waals surface area contributed by atoms with Gasteiger partial charge in [-0.3, -0.25) is 0 Å². The van der Waals surface area contributed by atoms with Crippen LogP contribution in [0, 0.1) is 6.92 Å². The fourth-order valence-corrected chi connectivity index (χ4v) is 2.15. The van der Waals surface area contributed by atoms with Gasteiger partial charge in [-0.05, 0) is 45.0 Å². The minimum Gasteiger partial charge on any atom is -0.478 e. The summed E-state index contributed by atoms with van der Waals surface area (Å²) < 4.78 is 5.44. The number of carbonyl (C=O) groups is 1. The second-order valence-electron chi connectivity index (χ2n) is 4.69. The van der Waals surface area contributed by atoms with Crippen LogP contribution in [0.15, 0.2) is 29.6 Å². The van der Waals surface area contributed by atoms with E-state index in [4.69, 9.17) is 9.84 Å². The molecule has 1 aromatic carbocycles. The van der Waals surface area contributed by atoms with Crippen LogP contribution in [0.2, 0.25) is 0 Å². The highest BCUT2D eigenvalue weighted by Crippen LogP contribution is 2.25. The molecule has 1 heterocycles. The molecule has 2 rings (SSSR count). The predicted molar refractivity (Wildman–Crippen MR) is 74.6 cm³/mol. The van der Waals surface area contributed by atoms with Gasteiger partial charge in [-0.25, -0.2) is 9.78 Å². The van der Waals surface area contributed by atoms with E-state index in [9.17, 15) is 4.79 Å². The summed E-state index contributed by atoms with van der Waals surface area (Å²) in [5, 5.41) is 12.0. The van der Waals surface area contributed by atoms with Crippen molar-refractivity contribution in [2.75, 3.05) is 0 Å². The SMILES string of the molecule is Cc1nc(-c2ccc(OC(C)(C)C(=O)O)cc2)cs1. The third-order valence-electron chi connectivity index (χ3n) is 2.66. The molecule has 0 radical (unpaired) electrons. The summed E-state index contributed by atoms with van der Waals surface area (Å²) in [6, 6.07) is 7.27. The van der Waals surface area contributed by atoms with Crippen LogP contribution in [0.5, 0.6) is 5.75 Å². The molecule has 0 amide bonds. The van der Waals surface area contributed by atoms with Crippen LogP contribution in [0.25, 0.3) is 11.3 Å². The smallest absolute Gasteiger partial charge is 0.347 e. The minimum absolute atomic E-state index is 0.531. The van der Waals surface area contributed by atoms with Gasteiger partial charge >= 0.3 is 5.97 Å². The Morgan fingerprint density at radius 3 is 2.42 bits per heavy atom. The van der Waals surface area contributed by atoms with E-state index in [2.05, 4.69) is 4.98 Å². The van der Waals surface area contributed by atoms with Gasteiger partial charge in [0.15, 0.2) is 5.60 Å². The number of carboxylic acids is 1. The molecule has 5 heteroatoms. The van der Waals surface area contributed by atoms with Gasteiger partial charge in [0, 0.05) is 10.9 Å². The maximum absolute atomic E-state index is 11.0. The van der Waals surface area contributed by atoms with E-state index >= 15 is 0 Å². The molecule has 0 atom stereocenters. The van der Waals surface area contributed by atoms with E-state index in [0.717, 1.165) is 16.3 Å². The van der Waals surface area contributed by atoms with Gasteiger partial charge < -0.3 is 9.84 Å². The maximum atomic E-state index is 11.0. The number of ether oxygens (including phenoxy) is 1. The number of rotatable bonds is 4. The van der Waals surface area contributed by atoms with Gasteiger partial charge in [-0.1, -0.05) is 0 Å². The van der Waals surface area contributed by atoms with Gasteiger partial charge in [0.05, 0.1) is 10.7 Å². The van der Waals surface area contributed by atoms with Gasteiger partial charge in [-0.15, -0.1) is 11.3 Å². The first-order valence-corrected chi connectivity index (χ1v) is 6.71. The summed E-state index contributed by atoms with van der Waals surface area (Å²) in [6.07, 6.45) is 0. The van der Waals surface area contributed by atoms with E-state index in [1.165, 1.54) is 13.8 Å². The zero-order valence-corrected chi connectivity index (χ0v) is 11.8. The number of benzene rings is 1. The van der Waals surface area contributed by atoms with E-state index in [-0.39, 0.29) is 0 Å². The largest absolute Gasteiger partial charge is 0.478 e. The fraction of sp³-hybridized carbons (Fsp3) is 0.286. The lowest BCUT2D eigenvalue weighted by Crippen LogP contribution is -2.37. The first-order chi connectivity index (χ1) is 8.88. The Bertz CT molecular complexity index is 587. The number of hydrogen-bond donors (Lipinski definition) is 1. The number of hydrogen-bond acceptors (Lipinski definition) is 4. The Balaban J connectivity index is 2.17. The van der Waals surface area contributed by atoms with Crippen LogP contribution in [0.1, 0.15) is 18.9 Å². The number of aromatic nitrogens is 1. The van der Waals surface area contributed by atoms with Crippen molar-refractivity contribution in [1.82, 2.24) is 4.98 Å². The topological polar surface area (TPSA) is 59.4 Å². The number of aryl methyl sites for hydroxylation is 1. The Hall–Kier alpha value is -1.88. The van der Waals surface area contributed by atoms with E-state index in [0.29, 0.717) is 5.75 Å². The van der Waals surface area contributed by atoms with Crippen LogP contribution in [-0.4, -0.2) is 21.7 Å². The van der Waals surface area contributed by atoms with Crippen molar-refractivity contribution in [3.63, 3.8) is 0 Å². The molecule has 19 heavy (non-hydrogen) atoms. The Morgan fingerprint density at radius 1 is 1.32 bits per heavy atom. The van der Waals surface area contributed by atoms with Gasteiger partial charge in [0.2, 0.25) is 0 Å². The maximum Gasteiger partial charge on any atom is 0.347 e. The second-order valence-corrected chi connectivity index (χ2v) is 5.76. The van der Waals surface area contributed by atoms with Gasteiger partial charge in [0.1, 0.15) is 5.75 Å².